The zero-order valence-electron chi connectivity index (χ0n) is 12.4. The number of benzene rings is 2. The molecule has 0 aliphatic carbocycles. The van der Waals surface area contributed by atoms with Crippen LogP contribution < -0.4 is 5.32 Å². The van der Waals surface area contributed by atoms with Gasteiger partial charge in [0.25, 0.3) is 5.69 Å². The van der Waals surface area contributed by atoms with E-state index in [-0.39, 0.29) is 10.6 Å². The van der Waals surface area contributed by atoms with Crippen molar-refractivity contribution in [2.75, 3.05) is 7.05 Å². The normalized spacial score (nSPS) is 12.1. The van der Waals surface area contributed by atoms with Crippen LogP contribution in [0.2, 0.25) is 0 Å². The summed E-state index contributed by atoms with van der Waals surface area (Å²) in [4.78, 5) is 10.5. The molecule has 0 spiro atoms. The van der Waals surface area contributed by atoms with Gasteiger partial charge in [-0.25, -0.2) is 0 Å². The molecule has 0 heterocycles. The van der Waals surface area contributed by atoms with E-state index in [2.05, 4.69) is 24.4 Å². The molecule has 0 aliphatic heterocycles. The Hall–Kier alpha value is -2.20. The van der Waals surface area contributed by atoms with Crippen molar-refractivity contribution in [1.82, 2.24) is 5.32 Å². The first kappa shape index (κ1) is 15.2. The lowest BCUT2D eigenvalue weighted by Crippen LogP contribution is -2.21. The predicted molar refractivity (Wildman–Crippen MR) is 85.4 cm³/mol. The molecule has 2 rings (SSSR count). The fourth-order valence-corrected chi connectivity index (χ4v) is 2.23. The lowest BCUT2D eigenvalue weighted by atomic mass is 9.99. The Morgan fingerprint density at radius 3 is 2.48 bits per heavy atom. The Balaban J connectivity index is 2.20. The Kier molecular flexibility index (Phi) is 5.06. The quantitative estimate of drug-likeness (QED) is 0.648. The van der Waals surface area contributed by atoms with Crippen LogP contribution in [0.15, 0.2) is 48.5 Å². The standard InChI is InChI=1S/C17H20N2O2/c1-13(18-2)9-10-14-5-3-6-15(11-14)16-7-4-8-17(12-16)19(20)21/h3-8,11-13,18H,9-10H2,1-2H3. The van der Waals surface area contributed by atoms with Gasteiger partial charge in [0.2, 0.25) is 0 Å². The number of rotatable bonds is 6. The van der Waals surface area contributed by atoms with Crippen LogP contribution in [0.5, 0.6) is 0 Å². The van der Waals surface area contributed by atoms with E-state index in [9.17, 15) is 10.1 Å². The second kappa shape index (κ2) is 6.99. The van der Waals surface area contributed by atoms with E-state index < -0.39 is 0 Å². The van der Waals surface area contributed by atoms with Crippen molar-refractivity contribution in [2.45, 2.75) is 25.8 Å². The molecule has 4 heteroatoms. The molecule has 4 nitrogen and oxygen atoms in total. The summed E-state index contributed by atoms with van der Waals surface area (Å²) in [5, 5.41) is 14.1. The highest BCUT2D eigenvalue weighted by Crippen LogP contribution is 2.25. The molecule has 0 aliphatic rings. The average molecular weight is 284 g/mol. The van der Waals surface area contributed by atoms with Gasteiger partial charge in [0, 0.05) is 18.2 Å². The van der Waals surface area contributed by atoms with Crippen molar-refractivity contribution in [3.63, 3.8) is 0 Å². The maximum atomic E-state index is 10.9. The van der Waals surface area contributed by atoms with Crippen LogP contribution in [-0.2, 0) is 6.42 Å². The summed E-state index contributed by atoms with van der Waals surface area (Å²) in [6, 6.07) is 15.5. The molecule has 0 fully saturated rings. The molecule has 0 amide bonds. The summed E-state index contributed by atoms with van der Waals surface area (Å²) in [7, 11) is 1.96. The van der Waals surface area contributed by atoms with Crippen molar-refractivity contribution in [1.29, 1.82) is 0 Å². The van der Waals surface area contributed by atoms with Gasteiger partial charge in [-0.2, -0.15) is 0 Å². The third-order valence-corrected chi connectivity index (χ3v) is 3.68. The fourth-order valence-electron chi connectivity index (χ4n) is 2.23. The first-order valence-corrected chi connectivity index (χ1v) is 7.11. The monoisotopic (exact) mass is 284 g/mol. The molecule has 0 bridgehead atoms. The van der Waals surface area contributed by atoms with Crippen molar-refractivity contribution < 1.29 is 4.92 Å². The van der Waals surface area contributed by atoms with Crippen molar-refractivity contribution in [3.8, 4) is 11.1 Å². The zero-order chi connectivity index (χ0) is 15.2. The van der Waals surface area contributed by atoms with Gasteiger partial charge in [0.05, 0.1) is 4.92 Å². The van der Waals surface area contributed by atoms with E-state index in [0.717, 1.165) is 24.0 Å². The van der Waals surface area contributed by atoms with Crippen molar-refractivity contribution in [2.24, 2.45) is 0 Å². The molecule has 0 radical (unpaired) electrons. The van der Waals surface area contributed by atoms with E-state index >= 15 is 0 Å². The largest absolute Gasteiger partial charge is 0.317 e. The van der Waals surface area contributed by atoms with Crippen LogP contribution in [0.1, 0.15) is 18.9 Å². The topological polar surface area (TPSA) is 55.2 Å². The maximum absolute atomic E-state index is 10.9. The average Bonchev–Trinajstić information content (AvgIpc) is 2.53. The molecule has 0 saturated heterocycles. The number of hydrogen-bond donors (Lipinski definition) is 1. The molecule has 1 unspecified atom stereocenters. The summed E-state index contributed by atoms with van der Waals surface area (Å²) >= 11 is 0. The molecule has 0 saturated carbocycles. The Bertz CT molecular complexity index is 626. The lowest BCUT2D eigenvalue weighted by Gasteiger charge is -2.10. The molecular formula is C17H20N2O2. The van der Waals surface area contributed by atoms with Crippen LogP contribution in [0, 0.1) is 10.1 Å². The second-order valence-corrected chi connectivity index (χ2v) is 5.24. The summed E-state index contributed by atoms with van der Waals surface area (Å²) < 4.78 is 0. The van der Waals surface area contributed by atoms with Crippen LogP contribution in [-0.4, -0.2) is 18.0 Å². The van der Waals surface area contributed by atoms with E-state index in [0.29, 0.717) is 6.04 Å². The fraction of sp³-hybridized carbons (Fsp3) is 0.294. The van der Waals surface area contributed by atoms with Gasteiger partial charge < -0.3 is 5.32 Å². The van der Waals surface area contributed by atoms with Gasteiger partial charge >= 0.3 is 0 Å². The van der Waals surface area contributed by atoms with Gasteiger partial charge in [-0.15, -0.1) is 0 Å². The van der Waals surface area contributed by atoms with Gasteiger partial charge in [-0.1, -0.05) is 36.4 Å². The van der Waals surface area contributed by atoms with Crippen LogP contribution >= 0.6 is 0 Å². The van der Waals surface area contributed by atoms with Crippen LogP contribution in [0.25, 0.3) is 11.1 Å². The maximum Gasteiger partial charge on any atom is 0.270 e. The van der Waals surface area contributed by atoms with E-state index in [1.54, 1.807) is 12.1 Å². The SMILES string of the molecule is CNC(C)CCc1cccc(-c2cccc([N+](=O)[O-])c2)c1. The minimum atomic E-state index is -0.359. The summed E-state index contributed by atoms with van der Waals surface area (Å²) in [6.07, 6.45) is 2.06. The third kappa shape index (κ3) is 4.13. The summed E-state index contributed by atoms with van der Waals surface area (Å²) in [6.45, 7) is 2.16. The van der Waals surface area contributed by atoms with E-state index in [4.69, 9.17) is 0 Å². The minimum absolute atomic E-state index is 0.127. The third-order valence-electron chi connectivity index (χ3n) is 3.68. The summed E-state index contributed by atoms with van der Waals surface area (Å²) in [5.74, 6) is 0. The van der Waals surface area contributed by atoms with E-state index in [1.165, 1.54) is 11.6 Å². The van der Waals surface area contributed by atoms with Gasteiger partial charge in [0.15, 0.2) is 0 Å². The van der Waals surface area contributed by atoms with Crippen molar-refractivity contribution in [3.05, 3.63) is 64.2 Å². The number of hydrogen-bond acceptors (Lipinski definition) is 3. The molecule has 2 aromatic rings. The molecule has 21 heavy (non-hydrogen) atoms. The smallest absolute Gasteiger partial charge is 0.270 e. The van der Waals surface area contributed by atoms with E-state index in [1.807, 2.05) is 25.2 Å². The minimum Gasteiger partial charge on any atom is -0.317 e. The highest BCUT2D eigenvalue weighted by atomic mass is 16.6. The number of nitro groups is 1. The molecule has 2 aromatic carbocycles. The summed E-state index contributed by atoms with van der Waals surface area (Å²) in [5.41, 5.74) is 3.28. The highest BCUT2D eigenvalue weighted by molar-refractivity contribution is 5.66. The zero-order valence-corrected chi connectivity index (χ0v) is 12.4. The molecule has 0 aromatic heterocycles. The number of nitro benzene ring substituents is 1. The number of nitrogens with zero attached hydrogens (tertiary/aromatic N) is 1. The van der Waals surface area contributed by atoms with Gasteiger partial charge in [0.1, 0.15) is 0 Å². The van der Waals surface area contributed by atoms with Crippen molar-refractivity contribution >= 4 is 5.69 Å². The Morgan fingerprint density at radius 1 is 1.14 bits per heavy atom. The molecular weight excluding hydrogens is 264 g/mol. The van der Waals surface area contributed by atoms with Gasteiger partial charge in [-0.05, 0) is 43.5 Å². The molecule has 110 valence electrons. The lowest BCUT2D eigenvalue weighted by molar-refractivity contribution is -0.384. The second-order valence-electron chi connectivity index (χ2n) is 5.24. The Labute approximate surface area is 125 Å². The molecule has 1 N–H and O–H groups in total. The number of nitrogens with one attached hydrogen (secondary N) is 1. The first-order valence-electron chi connectivity index (χ1n) is 7.11. The molecule has 1 atom stereocenters. The number of non-ortho nitro benzene ring substituents is 1. The Morgan fingerprint density at radius 2 is 1.81 bits per heavy atom. The first-order chi connectivity index (χ1) is 10.1. The number of aryl methyl sites for hydroxylation is 1. The highest BCUT2D eigenvalue weighted by Gasteiger charge is 2.07. The van der Waals surface area contributed by atoms with Crippen LogP contribution in [0.3, 0.4) is 0 Å². The van der Waals surface area contributed by atoms with Crippen LogP contribution in [0.4, 0.5) is 5.69 Å². The predicted octanol–water partition coefficient (Wildman–Crippen LogP) is 3.80. The van der Waals surface area contributed by atoms with Gasteiger partial charge in [-0.3, -0.25) is 10.1 Å².